The van der Waals surface area contributed by atoms with Gasteiger partial charge in [-0.05, 0) is 11.6 Å². The number of nitrogens with one attached hydrogen (secondary N) is 2. The summed E-state index contributed by atoms with van der Waals surface area (Å²) < 4.78 is 38.3. The Morgan fingerprint density at radius 3 is 2.65 bits per heavy atom. The number of carbonyl (C=O) groups excluding carboxylic acids is 1. The fraction of sp³-hybridized carbons (Fsp3) is 0.167. The van der Waals surface area contributed by atoms with Gasteiger partial charge in [-0.25, -0.2) is 0 Å². The molecule has 1 heterocycles. The minimum absolute atomic E-state index is 0.0103. The fourth-order valence-corrected chi connectivity index (χ4v) is 1.82. The molecule has 0 unspecified atom stereocenters. The highest BCUT2D eigenvalue weighted by atomic mass is 35.5. The van der Waals surface area contributed by atoms with Crippen molar-refractivity contribution < 1.29 is 18.0 Å². The number of alkyl halides is 3. The first-order valence-corrected chi connectivity index (χ1v) is 5.89. The predicted molar refractivity (Wildman–Crippen MR) is 66.2 cm³/mol. The van der Waals surface area contributed by atoms with E-state index in [2.05, 4.69) is 15.5 Å². The van der Waals surface area contributed by atoms with E-state index < -0.39 is 17.6 Å². The summed E-state index contributed by atoms with van der Waals surface area (Å²) in [4.78, 5) is 11.7. The lowest BCUT2D eigenvalue weighted by Gasteiger charge is -2.12. The first kappa shape index (κ1) is 14.4. The minimum Gasteiger partial charge on any atom is -0.347 e. The number of aromatic amines is 1. The van der Waals surface area contributed by atoms with Crippen molar-refractivity contribution in [3.05, 3.63) is 52.3 Å². The van der Waals surface area contributed by atoms with Crippen LogP contribution in [0.4, 0.5) is 13.2 Å². The topological polar surface area (TPSA) is 57.8 Å². The van der Waals surface area contributed by atoms with Crippen LogP contribution in [0.15, 0.2) is 30.5 Å². The van der Waals surface area contributed by atoms with Crippen LogP contribution in [0.3, 0.4) is 0 Å². The van der Waals surface area contributed by atoms with Gasteiger partial charge in [-0.3, -0.25) is 9.89 Å². The lowest BCUT2D eigenvalue weighted by molar-refractivity contribution is -0.138. The first-order chi connectivity index (χ1) is 9.39. The zero-order valence-electron chi connectivity index (χ0n) is 9.96. The Labute approximate surface area is 116 Å². The number of nitrogens with zero attached hydrogens (tertiary/aromatic N) is 1. The Morgan fingerprint density at radius 1 is 1.35 bits per heavy atom. The fourth-order valence-electron chi connectivity index (χ4n) is 1.65. The van der Waals surface area contributed by atoms with Gasteiger partial charge in [0.2, 0.25) is 0 Å². The largest absolute Gasteiger partial charge is 0.416 e. The van der Waals surface area contributed by atoms with E-state index in [1.165, 1.54) is 24.4 Å². The zero-order valence-corrected chi connectivity index (χ0v) is 10.7. The van der Waals surface area contributed by atoms with Crippen LogP contribution < -0.4 is 5.32 Å². The SMILES string of the molecule is O=C(NCc1ccccc1C(F)(F)F)c1[nH]ncc1Cl. The molecular formula is C12H9ClF3N3O. The molecule has 0 aliphatic rings. The normalized spacial score (nSPS) is 11.4. The van der Waals surface area contributed by atoms with Crippen molar-refractivity contribution in [1.82, 2.24) is 15.5 Å². The van der Waals surface area contributed by atoms with Gasteiger partial charge in [0.25, 0.3) is 5.91 Å². The highest BCUT2D eigenvalue weighted by molar-refractivity contribution is 6.33. The summed E-state index contributed by atoms with van der Waals surface area (Å²) in [7, 11) is 0. The van der Waals surface area contributed by atoms with E-state index in [1.807, 2.05) is 0 Å². The molecular weight excluding hydrogens is 295 g/mol. The highest BCUT2D eigenvalue weighted by Crippen LogP contribution is 2.31. The average molecular weight is 304 g/mol. The number of hydrogen-bond acceptors (Lipinski definition) is 2. The summed E-state index contributed by atoms with van der Waals surface area (Å²) in [5.41, 5.74) is -0.795. The van der Waals surface area contributed by atoms with E-state index in [4.69, 9.17) is 11.6 Å². The minimum atomic E-state index is -4.47. The van der Waals surface area contributed by atoms with Crippen LogP contribution in [-0.2, 0) is 12.7 Å². The Balaban J connectivity index is 2.12. The van der Waals surface area contributed by atoms with E-state index in [0.29, 0.717) is 0 Å². The van der Waals surface area contributed by atoms with Crippen molar-refractivity contribution in [3.8, 4) is 0 Å². The highest BCUT2D eigenvalue weighted by Gasteiger charge is 2.32. The van der Waals surface area contributed by atoms with Crippen LogP contribution in [0.1, 0.15) is 21.6 Å². The lowest BCUT2D eigenvalue weighted by atomic mass is 10.1. The van der Waals surface area contributed by atoms with Gasteiger partial charge in [0.05, 0.1) is 16.8 Å². The molecule has 0 saturated heterocycles. The molecule has 0 spiro atoms. The van der Waals surface area contributed by atoms with Gasteiger partial charge in [0, 0.05) is 6.54 Å². The van der Waals surface area contributed by atoms with Crippen molar-refractivity contribution in [1.29, 1.82) is 0 Å². The number of rotatable bonds is 3. The quantitative estimate of drug-likeness (QED) is 0.915. The van der Waals surface area contributed by atoms with Crippen molar-refractivity contribution in [2.45, 2.75) is 12.7 Å². The maximum Gasteiger partial charge on any atom is 0.416 e. The molecule has 8 heteroatoms. The second kappa shape index (κ2) is 5.54. The number of carbonyl (C=O) groups is 1. The number of H-pyrrole nitrogens is 1. The second-order valence-corrected chi connectivity index (χ2v) is 4.34. The molecule has 4 nitrogen and oxygen atoms in total. The molecule has 0 aliphatic heterocycles. The average Bonchev–Trinajstić information content (AvgIpc) is 2.81. The number of halogens is 4. The van der Waals surface area contributed by atoms with Gasteiger partial charge in [-0.2, -0.15) is 18.3 Å². The molecule has 106 valence electrons. The van der Waals surface area contributed by atoms with E-state index in [9.17, 15) is 18.0 Å². The van der Waals surface area contributed by atoms with Gasteiger partial charge in [0.1, 0.15) is 5.69 Å². The van der Waals surface area contributed by atoms with Crippen molar-refractivity contribution >= 4 is 17.5 Å². The number of amides is 1. The molecule has 2 N–H and O–H groups in total. The molecule has 1 aromatic heterocycles. The maximum absolute atomic E-state index is 12.8. The summed E-state index contributed by atoms with van der Waals surface area (Å²) in [6, 6.07) is 5.03. The van der Waals surface area contributed by atoms with Crippen molar-refractivity contribution in [2.24, 2.45) is 0 Å². The third-order valence-electron chi connectivity index (χ3n) is 2.58. The Bertz CT molecular complexity index is 624. The molecule has 1 aromatic carbocycles. The Kier molecular flexibility index (Phi) is 3.99. The van der Waals surface area contributed by atoms with Crippen LogP contribution in [-0.4, -0.2) is 16.1 Å². The van der Waals surface area contributed by atoms with E-state index in [0.717, 1.165) is 6.07 Å². The number of aromatic nitrogens is 2. The van der Waals surface area contributed by atoms with Crippen LogP contribution in [0.2, 0.25) is 5.02 Å². The maximum atomic E-state index is 12.8. The molecule has 0 radical (unpaired) electrons. The number of benzene rings is 1. The smallest absolute Gasteiger partial charge is 0.347 e. The third kappa shape index (κ3) is 3.11. The zero-order chi connectivity index (χ0) is 14.8. The molecule has 1 amide bonds. The van der Waals surface area contributed by atoms with Crippen LogP contribution >= 0.6 is 11.6 Å². The monoisotopic (exact) mass is 303 g/mol. The molecule has 2 rings (SSSR count). The number of hydrogen-bond donors (Lipinski definition) is 2. The Hall–Kier alpha value is -2.02. The molecule has 0 fully saturated rings. The molecule has 0 aliphatic carbocycles. The van der Waals surface area contributed by atoms with E-state index in [-0.39, 0.29) is 22.8 Å². The molecule has 2 aromatic rings. The van der Waals surface area contributed by atoms with Crippen LogP contribution in [0.25, 0.3) is 0 Å². The van der Waals surface area contributed by atoms with Gasteiger partial charge in [-0.15, -0.1) is 0 Å². The lowest BCUT2D eigenvalue weighted by Crippen LogP contribution is -2.25. The summed E-state index contributed by atoms with van der Waals surface area (Å²) in [6.07, 6.45) is -3.23. The first-order valence-electron chi connectivity index (χ1n) is 5.51. The molecule has 0 saturated carbocycles. The van der Waals surface area contributed by atoms with Crippen molar-refractivity contribution in [2.75, 3.05) is 0 Å². The van der Waals surface area contributed by atoms with E-state index in [1.54, 1.807) is 0 Å². The summed E-state index contributed by atoms with van der Waals surface area (Å²) >= 11 is 5.69. The van der Waals surface area contributed by atoms with Crippen molar-refractivity contribution in [3.63, 3.8) is 0 Å². The summed E-state index contributed by atoms with van der Waals surface area (Å²) in [5, 5.41) is 8.39. The van der Waals surface area contributed by atoms with Gasteiger partial charge in [-0.1, -0.05) is 29.8 Å². The summed E-state index contributed by atoms with van der Waals surface area (Å²) in [6.45, 7) is -0.260. The van der Waals surface area contributed by atoms with Gasteiger partial charge >= 0.3 is 6.18 Å². The molecule has 0 bridgehead atoms. The molecule has 20 heavy (non-hydrogen) atoms. The Morgan fingerprint density at radius 2 is 2.05 bits per heavy atom. The van der Waals surface area contributed by atoms with Crippen LogP contribution in [0, 0.1) is 0 Å². The standard InChI is InChI=1S/C12H9ClF3N3O/c13-9-6-18-19-10(9)11(20)17-5-7-3-1-2-4-8(7)12(14,15)16/h1-4,6H,5H2,(H,17,20)(H,18,19). The second-order valence-electron chi connectivity index (χ2n) is 3.93. The van der Waals surface area contributed by atoms with Gasteiger partial charge in [0.15, 0.2) is 0 Å². The van der Waals surface area contributed by atoms with E-state index >= 15 is 0 Å². The van der Waals surface area contributed by atoms with Gasteiger partial charge < -0.3 is 5.32 Å². The van der Waals surface area contributed by atoms with Crippen LogP contribution in [0.5, 0.6) is 0 Å². The summed E-state index contributed by atoms with van der Waals surface area (Å²) in [5.74, 6) is -0.621. The predicted octanol–water partition coefficient (Wildman–Crippen LogP) is 3.01. The third-order valence-corrected chi connectivity index (χ3v) is 2.87. The molecule has 0 atom stereocenters.